The normalized spacial score (nSPS) is 11.2. The predicted molar refractivity (Wildman–Crippen MR) is 99.9 cm³/mol. The summed E-state index contributed by atoms with van der Waals surface area (Å²) in [6.07, 6.45) is 1.76. The first-order valence-corrected chi connectivity index (χ1v) is 8.53. The highest BCUT2D eigenvalue weighted by Gasteiger charge is 2.02. The Bertz CT molecular complexity index is 640. The van der Waals surface area contributed by atoms with Crippen LogP contribution in [0.3, 0.4) is 0 Å². The number of aliphatic imine (C=N–C) groups is 1. The maximum absolute atomic E-state index is 5.96. The fraction of sp³-hybridized carbons (Fsp3) is 0.368. The molecular weight excluding hydrogens is 316 g/mol. The van der Waals surface area contributed by atoms with Crippen molar-refractivity contribution in [2.24, 2.45) is 10.7 Å². The fourth-order valence-electron chi connectivity index (χ4n) is 2.23. The second-order valence-electron chi connectivity index (χ2n) is 5.36. The maximum atomic E-state index is 5.96. The van der Waals surface area contributed by atoms with Gasteiger partial charge < -0.3 is 20.1 Å². The number of para-hydroxylation sites is 1. The van der Waals surface area contributed by atoms with Crippen molar-refractivity contribution < 1.29 is 9.47 Å². The molecule has 6 nitrogen and oxygen atoms in total. The summed E-state index contributed by atoms with van der Waals surface area (Å²) in [5, 5.41) is 0. The zero-order valence-electron chi connectivity index (χ0n) is 14.9. The molecule has 134 valence electrons. The smallest absolute Gasteiger partial charge is 0.213 e. The van der Waals surface area contributed by atoms with Crippen LogP contribution in [0.1, 0.15) is 19.4 Å². The van der Waals surface area contributed by atoms with Crippen molar-refractivity contribution in [3.8, 4) is 11.6 Å². The van der Waals surface area contributed by atoms with Gasteiger partial charge in [-0.05, 0) is 31.5 Å². The van der Waals surface area contributed by atoms with Crippen LogP contribution < -0.4 is 15.2 Å². The third-order valence-electron chi connectivity index (χ3n) is 3.65. The molecule has 2 aromatic rings. The molecule has 1 heterocycles. The molecule has 0 aliphatic carbocycles. The van der Waals surface area contributed by atoms with Crippen molar-refractivity contribution in [2.75, 3.05) is 26.3 Å². The monoisotopic (exact) mass is 342 g/mol. The molecule has 1 aromatic heterocycles. The van der Waals surface area contributed by atoms with Crippen LogP contribution in [0.2, 0.25) is 0 Å². The van der Waals surface area contributed by atoms with Crippen LogP contribution in [0.4, 0.5) is 0 Å². The number of hydrogen-bond acceptors (Lipinski definition) is 4. The average Bonchev–Trinajstić information content (AvgIpc) is 2.66. The third kappa shape index (κ3) is 6.33. The average molecular weight is 342 g/mol. The summed E-state index contributed by atoms with van der Waals surface area (Å²) < 4.78 is 11.1. The van der Waals surface area contributed by atoms with E-state index in [4.69, 9.17) is 15.2 Å². The summed E-state index contributed by atoms with van der Waals surface area (Å²) in [5.74, 6) is 1.96. The van der Waals surface area contributed by atoms with E-state index in [1.807, 2.05) is 47.4 Å². The van der Waals surface area contributed by atoms with E-state index in [2.05, 4.69) is 23.8 Å². The second kappa shape index (κ2) is 10.2. The topological polar surface area (TPSA) is 73.0 Å². The van der Waals surface area contributed by atoms with E-state index in [0.717, 1.165) is 24.4 Å². The lowest BCUT2D eigenvalue weighted by Crippen LogP contribution is -2.37. The minimum Gasteiger partial charge on any atom is -0.490 e. The summed E-state index contributed by atoms with van der Waals surface area (Å²) in [6, 6.07) is 13.4. The lowest BCUT2D eigenvalue weighted by molar-refractivity contribution is 0.212. The molecule has 0 spiro atoms. The van der Waals surface area contributed by atoms with E-state index in [-0.39, 0.29) is 0 Å². The van der Waals surface area contributed by atoms with Crippen molar-refractivity contribution >= 4 is 5.96 Å². The Morgan fingerprint density at radius 3 is 2.40 bits per heavy atom. The number of benzene rings is 1. The Morgan fingerprint density at radius 1 is 1.04 bits per heavy atom. The minimum absolute atomic E-state index is 0.439. The van der Waals surface area contributed by atoms with Gasteiger partial charge in [-0.2, -0.15) is 0 Å². The van der Waals surface area contributed by atoms with Gasteiger partial charge in [0.1, 0.15) is 19.0 Å². The van der Waals surface area contributed by atoms with Gasteiger partial charge in [-0.1, -0.05) is 24.3 Å². The number of nitrogens with zero attached hydrogens (tertiary/aromatic N) is 3. The van der Waals surface area contributed by atoms with Crippen molar-refractivity contribution in [1.82, 2.24) is 9.88 Å². The van der Waals surface area contributed by atoms with Crippen LogP contribution in [0.25, 0.3) is 0 Å². The molecule has 1 aromatic carbocycles. The number of aromatic nitrogens is 1. The molecule has 0 unspecified atom stereocenters. The lowest BCUT2D eigenvalue weighted by atomic mass is 10.3. The molecule has 0 aliphatic rings. The van der Waals surface area contributed by atoms with E-state index in [1.54, 1.807) is 6.20 Å². The van der Waals surface area contributed by atoms with Gasteiger partial charge >= 0.3 is 0 Å². The van der Waals surface area contributed by atoms with E-state index in [0.29, 0.717) is 31.6 Å². The van der Waals surface area contributed by atoms with Crippen LogP contribution in [0.5, 0.6) is 11.6 Å². The van der Waals surface area contributed by atoms with Crippen molar-refractivity contribution in [3.05, 3.63) is 54.2 Å². The molecule has 0 amide bonds. The zero-order valence-corrected chi connectivity index (χ0v) is 14.9. The number of guanidine groups is 1. The Hall–Kier alpha value is -2.76. The number of ether oxygens (including phenoxy) is 2. The molecule has 0 saturated carbocycles. The van der Waals surface area contributed by atoms with Gasteiger partial charge in [-0.15, -0.1) is 0 Å². The first-order chi connectivity index (χ1) is 12.2. The standard InChI is InChI=1S/C19H26N4O2/c1-3-23(4-2)19(20)22-15-16-10-11-18(21-14-16)25-13-12-24-17-8-6-5-7-9-17/h5-11,14H,3-4,12-13,15H2,1-2H3,(H2,20,22). The molecular formula is C19H26N4O2. The third-order valence-corrected chi connectivity index (χ3v) is 3.65. The molecule has 0 saturated heterocycles. The number of rotatable bonds is 9. The first kappa shape index (κ1) is 18.6. The van der Waals surface area contributed by atoms with Crippen LogP contribution in [0, 0.1) is 0 Å². The van der Waals surface area contributed by atoms with Crippen molar-refractivity contribution in [2.45, 2.75) is 20.4 Å². The fourth-order valence-corrected chi connectivity index (χ4v) is 2.23. The molecule has 25 heavy (non-hydrogen) atoms. The summed E-state index contributed by atoms with van der Waals surface area (Å²) in [5.41, 5.74) is 6.95. The maximum Gasteiger partial charge on any atom is 0.213 e. The quantitative estimate of drug-likeness (QED) is 0.431. The minimum atomic E-state index is 0.439. The zero-order chi connectivity index (χ0) is 17.9. The Labute approximate surface area is 149 Å². The number of nitrogens with two attached hydrogens (primary N) is 1. The first-order valence-electron chi connectivity index (χ1n) is 8.53. The van der Waals surface area contributed by atoms with Crippen LogP contribution in [0.15, 0.2) is 53.7 Å². The Kier molecular flexibility index (Phi) is 7.56. The summed E-state index contributed by atoms with van der Waals surface area (Å²) >= 11 is 0. The van der Waals surface area contributed by atoms with E-state index >= 15 is 0 Å². The highest BCUT2D eigenvalue weighted by Crippen LogP contribution is 2.10. The van der Waals surface area contributed by atoms with Gasteiger partial charge in [0.05, 0.1) is 6.54 Å². The Balaban J connectivity index is 1.75. The highest BCUT2D eigenvalue weighted by atomic mass is 16.5. The van der Waals surface area contributed by atoms with Gasteiger partial charge in [0.15, 0.2) is 5.96 Å². The molecule has 0 fully saturated rings. The second-order valence-corrected chi connectivity index (χ2v) is 5.36. The van der Waals surface area contributed by atoms with E-state index in [9.17, 15) is 0 Å². The SMILES string of the molecule is CCN(CC)C(N)=NCc1ccc(OCCOc2ccccc2)nc1. The van der Waals surface area contributed by atoms with Gasteiger partial charge in [-0.25, -0.2) is 9.98 Å². The van der Waals surface area contributed by atoms with Gasteiger partial charge in [0, 0.05) is 25.4 Å². The number of pyridine rings is 1. The van der Waals surface area contributed by atoms with Crippen LogP contribution >= 0.6 is 0 Å². The lowest BCUT2D eigenvalue weighted by Gasteiger charge is -2.19. The molecule has 2 N–H and O–H groups in total. The molecule has 2 rings (SSSR count). The molecule has 6 heteroatoms. The van der Waals surface area contributed by atoms with Gasteiger partial charge in [0.25, 0.3) is 0 Å². The van der Waals surface area contributed by atoms with Gasteiger partial charge in [0.2, 0.25) is 5.88 Å². The molecule has 0 aliphatic heterocycles. The summed E-state index contributed by atoms with van der Waals surface area (Å²) in [7, 11) is 0. The number of hydrogen-bond donors (Lipinski definition) is 1. The predicted octanol–water partition coefficient (Wildman–Crippen LogP) is 2.70. The summed E-state index contributed by atoms with van der Waals surface area (Å²) in [4.78, 5) is 10.7. The van der Waals surface area contributed by atoms with Crippen LogP contribution in [-0.2, 0) is 6.54 Å². The van der Waals surface area contributed by atoms with Gasteiger partial charge in [-0.3, -0.25) is 0 Å². The highest BCUT2D eigenvalue weighted by molar-refractivity contribution is 5.77. The Morgan fingerprint density at radius 2 is 1.76 bits per heavy atom. The van der Waals surface area contributed by atoms with Crippen molar-refractivity contribution in [3.63, 3.8) is 0 Å². The van der Waals surface area contributed by atoms with E-state index < -0.39 is 0 Å². The largest absolute Gasteiger partial charge is 0.490 e. The van der Waals surface area contributed by atoms with Crippen molar-refractivity contribution in [1.29, 1.82) is 0 Å². The summed E-state index contributed by atoms with van der Waals surface area (Å²) in [6.45, 7) is 7.23. The molecule has 0 bridgehead atoms. The molecule has 0 atom stereocenters. The molecule has 0 radical (unpaired) electrons. The van der Waals surface area contributed by atoms with E-state index in [1.165, 1.54) is 0 Å². The van der Waals surface area contributed by atoms with Crippen LogP contribution in [-0.4, -0.2) is 42.1 Å².